The van der Waals surface area contributed by atoms with Crippen LogP contribution in [0.4, 0.5) is 5.82 Å². The van der Waals surface area contributed by atoms with Gasteiger partial charge >= 0.3 is 5.82 Å². The van der Waals surface area contributed by atoms with E-state index in [2.05, 4.69) is 16.7 Å². The molecular weight excluding hydrogens is 100 g/mol. The molecule has 0 saturated carbocycles. The van der Waals surface area contributed by atoms with Crippen LogP contribution in [0.1, 0.15) is 0 Å². The fourth-order valence-corrected chi connectivity index (χ4v) is 0.467. The van der Waals surface area contributed by atoms with Crippen LogP contribution in [0, 0.1) is 0 Å². The first-order valence-electron chi connectivity index (χ1n) is 2.37. The molecular formula is C6H7N2+. The first-order valence-corrected chi connectivity index (χ1v) is 2.37. The summed E-state index contributed by atoms with van der Waals surface area (Å²) in [5.41, 5.74) is 0. The second kappa shape index (κ2) is 2.21. The van der Waals surface area contributed by atoms with Gasteiger partial charge in [-0.2, -0.15) is 0 Å². The Kier molecular flexibility index (Phi) is 1.37. The van der Waals surface area contributed by atoms with E-state index < -0.39 is 0 Å². The van der Waals surface area contributed by atoms with Gasteiger partial charge in [0.2, 0.25) is 0 Å². The summed E-state index contributed by atoms with van der Waals surface area (Å²) in [5, 5.41) is 0. The normalized spacial score (nSPS) is 8.50. The van der Waals surface area contributed by atoms with Gasteiger partial charge in [0.15, 0.2) is 0 Å². The van der Waals surface area contributed by atoms with Gasteiger partial charge in [0.1, 0.15) is 6.20 Å². The molecule has 0 aliphatic heterocycles. The Balaban J connectivity index is 2.99. The minimum absolute atomic E-state index is 0.799. The lowest BCUT2D eigenvalue weighted by Gasteiger charge is -1.74. The fraction of sp³-hybridized carbons (Fsp3) is 0. The van der Waals surface area contributed by atoms with Gasteiger partial charge in [0, 0.05) is 6.07 Å². The van der Waals surface area contributed by atoms with Gasteiger partial charge in [-0.25, -0.2) is 0 Å². The van der Waals surface area contributed by atoms with Crippen molar-refractivity contribution in [1.82, 2.24) is 4.98 Å². The molecule has 1 N–H and O–H groups in total. The number of aromatic nitrogens is 1. The number of rotatable bonds is 1. The van der Waals surface area contributed by atoms with Gasteiger partial charge in [0.25, 0.3) is 0 Å². The van der Waals surface area contributed by atoms with Crippen molar-refractivity contribution >= 4 is 12.5 Å². The van der Waals surface area contributed by atoms with Gasteiger partial charge < -0.3 is 0 Å². The Morgan fingerprint density at radius 3 is 2.75 bits per heavy atom. The topological polar surface area (TPSA) is 26.9 Å². The molecule has 0 bridgehead atoms. The van der Waals surface area contributed by atoms with Crippen LogP contribution in [0.25, 0.3) is 0 Å². The standard InChI is InChI=1S/C6H6N2/c1-7-6-4-2-3-5-8-6/h2-5H,1H2/p+1. The third kappa shape index (κ3) is 0.904. The Hall–Kier alpha value is -1.18. The zero-order chi connectivity index (χ0) is 5.82. The van der Waals surface area contributed by atoms with Crippen LogP contribution >= 0.6 is 0 Å². The van der Waals surface area contributed by atoms with Crippen molar-refractivity contribution in [2.24, 2.45) is 0 Å². The summed E-state index contributed by atoms with van der Waals surface area (Å²) in [5.74, 6) is 0.799. The summed E-state index contributed by atoms with van der Waals surface area (Å²) in [6.07, 6.45) is 1.72. The predicted octanol–water partition coefficient (Wildman–Crippen LogP) is -0.506. The largest absolute Gasteiger partial charge is 0.320 e. The average Bonchev–Trinajstić information content (AvgIpc) is 1.90. The van der Waals surface area contributed by atoms with Crippen molar-refractivity contribution in [3.8, 4) is 0 Å². The quantitative estimate of drug-likeness (QED) is 0.481. The number of nitrogens with zero attached hydrogens (tertiary/aromatic N) is 1. The van der Waals surface area contributed by atoms with Gasteiger partial charge in [0.05, 0.1) is 6.72 Å². The smallest absolute Gasteiger partial charge is 0.251 e. The first-order chi connectivity index (χ1) is 3.93. The van der Waals surface area contributed by atoms with Gasteiger partial charge in [-0.05, 0) is 6.07 Å². The van der Waals surface area contributed by atoms with Gasteiger partial charge in [-0.1, -0.05) is 11.1 Å². The zero-order valence-corrected chi connectivity index (χ0v) is 4.46. The molecule has 0 unspecified atom stereocenters. The van der Waals surface area contributed by atoms with Crippen molar-refractivity contribution < 1.29 is 4.99 Å². The van der Waals surface area contributed by atoms with Crippen LogP contribution in [0.5, 0.6) is 0 Å². The molecule has 0 amide bonds. The molecule has 2 nitrogen and oxygen atoms in total. The molecule has 0 radical (unpaired) electrons. The molecule has 8 heavy (non-hydrogen) atoms. The Labute approximate surface area is 47.9 Å². The highest BCUT2D eigenvalue weighted by atomic mass is 14.9. The maximum absolute atomic E-state index is 3.92. The van der Waals surface area contributed by atoms with Gasteiger partial charge in [-0.3, -0.25) is 4.99 Å². The minimum atomic E-state index is 0.799. The Morgan fingerprint density at radius 1 is 1.50 bits per heavy atom. The van der Waals surface area contributed by atoms with Crippen LogP contribution in [0.15, 0.2) is 24.4 Å². The molecule has 0 fully saturated rings. The highest BCUT2D eigenvalue weighted by Gasteiger charge is 1.89. The molecule has 1 heterocycles. The second-order valence-electron chi connectivity index (χ2n) is 1.39. The first kappa shape index (κ1) is 4.97. The lowest BCUT2D eigenvalue weighted by atomic mass is 10.5. The summed E-state index contributed by atoms with van der Waals surface area (Å²) in [6.45, 7) is 3.44. The third-order valence-corrected chi connectivity index (χ3v) is 0.846. The molecule has 0 spiro atoms. The molecule has 0 aromatic carbocycles. The summed E-state index contributed by atoms with van der Waals surface area (Å²) in [7, 11) is 0. The molecule has 0 saturated heterocycles. The van der Waals surface area contributed by atoms with E-state index >= 15 is 0 Å². The second-order valence-corrected chi connectivity index (χ2v) is 1.39. The molecule has 1 rings (SSSR count). The number of nitrogens with one attached hydrogen (secondary N) is 1. The number of hydrogen-bond acceptors (Lipinski definition) is 1. The van der Waals surface area contributed by atoms with Crippen LogP contribution in [-0.4, -0.2) is 11.7 Å². The van der Waals surface area contributed by atoms with E-state index in [-0.39, 0.29) is 0 Å². The van der Waals surface area contributed by atoms with E-state index in [4.69, 9.17) is 0 Å². The maximum Gasteiger partial charge on any atom is 0.320 e. The van der Waals surface area contributed by atoms with Crippen molar-refractivity contribution in [2.75, 3.05) is 0 Å². The summed E-state index contributed by atoms with van der Waals surface area (Å²) in [6, 6.07) is 5.62. The Morgan fingerprint density at radius 2 is 2.38 bits per heavy atom. The minimum Gasteiger partial charge on any atom is -0.251 e. The fourth-order valence-electron chi connectivity index (χ4n) is 0.467. The molecule has 0 atom stereocenters. The average molecular weight is 107 g/mol. The molecule has 0 aliphatic carbocycles. The summed E-state index contributed by atoms with van der Waals surface area (Å²) < 4.78 is 0. The molecule has 2 heteroatoms. The van der Waals surface area contributed by atoms with E-state index in [9.17, 15) is 0 Å². The highest BCUT2D eigenvalue weighted by Crippen LogP contribution is 1.87. The Bertz CT molecular complexity index is 169. The van der Waals surface area contributed by atoms with Crippen LogP contribution < -0.4 is 4.99 Å². The van der Waals surface area contributed by atoms with Crippen molar-refractivity contribution in [2.45, 2.75) is 0 Å². The lowest BCUT2D eigenvalue weighted by molar-refractivity contribution is -0.347. The van der Waals surface area contributed by atoms with Crippen molar-refractivity contribution in [3.05, 3.63) is 24.4 Å². The number of pyridine rings is 1. The molecule has 1 aromatic rings. The van der Waals surface area contributed by atoms with E-state index in [1.54, 1.807) is 6.20 Å². The molecule has 0 aliphatic rings. The summed E-state index contributed by atoms with van der Waals surface area (Å²) >= 11 is 0. The third-order valence-electron chi connectivity index (χ3n) is 0.846. The van der Waals surface area contributed by atoms with Crippen LogP contribution in [0.3, 0.4) is 0 Å². The monoisotopic (exact) mass is 107 g/mol. The van der Waals surface area contributed by atoms with Crippen molar-refractivity contribution in [1.29, 1.82) is 0 Å². The lowest BCUT2D eigenvalue weighted by Crippen LogP contribution is -2.58. The molecule has 40 valence electrons. The van der Waals surface area contributed by atoms with E-state index in [1.165, 1.54) is 0 Å². The molecule has 1 aromatic heterocycles. The van der Waals surface area contributed by atoms with E-state index in [0.29, 0.717) is 0 Å². The van der Waals surface area contributed by atoms with Crippen molar-refractivity contribution in [3.63, 3.8) is 0 Å². The van der Waals surface area contributed by atoms with E-state index in [1.807, 2.05) is 18.2 Å². The maximum atomic E-state index is 3.92. The van der Waals surface area contributed by atoms with E-state index in [0.717, 1.165) is 5.82 Å². The highest BCUT2D eigenvalue weighted by molar-refractivity contribution is 5.22. The summed E-state index contributed by atoms with van der Waals surface area (Å²) in [4.78, 5) is 6.59. The SMILES string of the molecule is C=[NH+]c1ccccn1. The van der Waals surface area contributed by atoms with Gasteiger partial charge in [-0.15, -0.1) is 0 Å². The zero-order valence-electron chi connectivity index (χ0n) is 4.46. The van der Waals surface area contributed by atoms with Crippen LogP contribution in [0.2, 0.25) is 0 Å². The predicted molar refractivity (Wildman–Crippen MR) is 32.0 cm³/mol. The number of hydrogen-bond donors (Lipinski definition) is 1. The van der Waals surface area contributed by atoms with Crippen LogP contribution in [-0.2, 0) is 0 Å².